The molecule has 3 heterocycles. The second-order valence-corrected chi connectivity index (χ2v) is 6.12. The van der Waals surface area contributed by atoms with E-state index >= 15 is 0 Å². The Morgan fingerprint density at radius 1 is 1.10 bits per heavy atom. The van der Waals surface area contributed by atoms with Gasteiger partial charge in [-0.05, 0) is 18.2 Å². The predicted molar refractivity (Wildman–Crippen MR) is 107 cm³/mol. The van der Waals surface area contributed by atoms with Crippen molar-refractivity contribution in [3.05, 3.63) is 54.9 Å². The van der Waals surface area contributed by atoms with E-state index in [0.717, 1.165) is 0 Å². The molecule has 0 saturated heterocycles. The minimum absolute atomic E-state index is 0.318. The maximum absolute atomic E-state index is 12.8. The van der Waals surface area contributed by atoms with Crippen LogP contribution < -0.4 is 19.5 Å². The van der Waals surface area contributed by atoms with E-state index in [4.69, 9.17) is 14.2 Å². The number of amides is 1. The Hall–Kier alpha value is -4.01. The number of carbonyl (C=O) groups is 1. The van der Waals surface area contributed by atoms with Crippen LogP contribution in [0.4, 0.5) is 5.69 Å². The van der Waals surface area contributed by atoms with Crippen LogP contribution in [0.2, 0.25) is 0 Å². The number of carbonyl (C=O) groups excluding carboxylic acids is 1. The third-order valence-electron chi connectivity index (χ3n) is 4.46. The molecule has 2 N–H and O–H groups in total. The Bertz CT molecular complexity index is 1150. The van der Waals surface area contributed by atoms with E-state index < -0.39 is 0 Å². The second kappa shape index (κ2) is 7.55. The highest BCUT2D eigenvalue weighted by atomic mass is 16.5. The number of aromatic nitrogens is 4. The largest absolute Gasteiger partial charge is 0.496 e. The molecule has 4 aromatic rings. The summed E-state index contributed by atoms with van der Waals surface area (Å²) < 4.78 is 18.0. The molecule has 4 rings (SSSR count). The smallest absolute Gasteiger partial charge is 0.272 e. The number of rotatable bonds is 6. The molecular formula is C20H19N5O4. The SMILES string of the molecule is COc1cc(OC)c2cc(C(=O)Nc3ccc(-n4ccnc4)nc3)[nH]c2c1OC. The normalized spacial score (nSPS) is 10.7. The molecule has 1 amide bonds. The number of hydrogen-bond acceptors (Lipinski definition) is 6. The van der Waals surface area contributed by atoms with Crippen molar-refractivity contribution in [3.63, 3.8) is 0 Å². The second-order valence-electron chi connectivity index (χ2n) is 6.12. The van der Waals surface area contributed by atoms with Gasteiger partial charge in [0.2, 0.25) is 0 Å². The molecule has 1 aromatic carbocycles. The summed E-state index contributed by atoms with van der Waals surface area (Å²) in [4.78, 5) is 24.2. The topological polar surface area (TPSA) is 103 Å². The Kier molecular flexibility index (Phi) is 4.78. The van der Waals surface area contributed by atoms with Gasteiger partial charge in [0.05, 0.1) is 38.7 Å². The fourth-order valence-electron chi connectivity index (χ4n) is 3.06. The van der Waals surface area contributed by atoms with Crippen molar-refractivity contribution in [2.45, 2.75) is 0 Å². The van der Waals surface area contributed by atoms with Crippen LogP contribution >= 0.6 is 0 Å². The van der Waals surface area contributed by atoms with Crippen LogP contribution in [0, 0.1) is 0 Å². The van der Waals surface area contributed by atoms with Gasteiger partial charge in [-0.2, -0.15) is 0 Å². The van der Waals surface area contributed by atoms with E-state index in [2.05, 4.69) is 20.3 Å². The first-order chi connectivity index (χ1) is 14.1. The molecule has 3 aromatic heterocycles. The number of hydrogen-bond donors (Lipinski definition) is 2. The molecule has 0 unspecified atom stereocenters. The lowest BCUT2D eigenvalue weighted by molar-refractivity contribution is 0.102. The molecule has 9 heteroatoms. The lowest BCUT2D eigenvalue weighted by Crippen LogP contribution is -2.12. The summed E-state index contributed by atoms with van der Waals surface area (Å²) in [5.74, 6) is 1.95. The molecule has 0 atom stereocenters. The van der Waals surface area contributed by atoms with Crippen molar-refractivity contribution in [1.82, 2.24) is 19.5 Å². The molecule has 0 aliphatic carbocycles. The van der Waals surface area contributed by atoms with E-state index in [9.17, 15) is 4.79 Å². The summed E-state index contributed by atoms with van der Waals surface area (Å²) in [5, 5.41) is 3.54. The standard InChI is InChI=1S/C20H19N5O4/c1-27-15-9-16(28-2)19(29-3)18-13(15)8-14(24-18)20(26)23-12-4-5-17(22-10-12)25-7-6-21-11-25/h4-11,24H,1-3H3,(H,23,26). The monoisotopic (exact) mass is 393 g/mol. The molecule has 0 spiro atoms. The lowest BCUT2D eigenvalue weighted by atomic mass is 10.2. The Labute approximate surface area is 166 Å². The number of anilines is 1. The number of fused-ring (bicyclic) bond motifs is 1. The van der Waals surface area contributed by atoms with Crippen molar-refractivity contribution in [3.8, 4) is 23.1 Å². The first kappa shape index (κ1) is 18.4. The maximum Gasteiger partial charge on any atom is 0.272 e. The first-order valence-corrected chi connectivity index (χ1v) is 8.72. The number of methoxy groups -OCH3 is 3. The summed E-state index contributed by atoms with van der Waals surface area (Å²) in [7, 11) is 4.64. The van der Waals surface area contributed by atoms with Crippen LogP contribution in [-0.4, -0.2) is 46.8 Å². The third kappa shape index (κ3) is 3.33. The van der Waals surface area contributed by atoms with Gasteiger partial charge in [0.1, 0.15) is 23.6 Å². The van der Waals surface area contributed by atoms with Crippen molar-refractivity contribution < 1.29 is 19.0 Å². The molecule has 0 fully saturated rings. The van der Waals surface area contributed by atoms with E-state index in [-0.39, 0.29) is 5.91 Å². The molecule has 9 nitrogen and oxygen atoms in total. The van der Waals surface area contributed by atoms with E-state index in [1.54, 1.807) is 68.0 Å². The van der Waals surface area contributed by atoms with Gasteiger partial charge >= 0.3 is 0 Å². The predicted octanol–water partition coefficient (Wildman–Crippen LogP) is 3.03. The summed E-state index contributed by atoms with van der Waals surface area (Å²) >= 11 is 0. The minimum atomic E-state index is -0.318. The molecular weight excluding hydrogens is 374 g/mol. The van der Waals surface area contributed by atoms with E-state index in [1.807, 2.05) is 0 Å². The first-order valence-electron chi connectivity index (χ1n) is 8.72. The average molecular weight is 393 g/mol. The van der Waals surface area contributed by atoms with Gasteiger partial charge in [0.25, 0.3) is 5.91 Å². The summed E-state index contributed by atoms with van der Waals surface area (Å²) in [5.41, 5.74) is 1.53. The minimum Gasteiger partial charge on any atom is -0.496 e. The van der Waals surface area contributed by atoms with Crippen molar-refractivity contribution in [2.75, 3.05) is 26.6 Å². The van der Waals surface area contributed by atoms with Gasteiger partial charge in [-0.1, -0.05) is 0 Å². The maximum atomic E-state index is 12.8. The Balaban J connectivity index is 1.63. The number of nitrogens with one attached hydrogen (secondary N) is 2. The van der Waals surface area contributed by atoms with Crippen LogP contribution in [-0.2, 0) is 0 Å². The number of imidazole rings is 1. The average Bonchev–Trinajstić information content (AvgIpc) is 3.43. The highest BCUT2D eigenvalue weighted by Gasteiger charge is 2.19. The number of aromatic amines is 1. The van der Waals surface area contributed by atoms with Crippen LogP contribution in [0.15, 0.2) is 49.2 Å². The number of benzene rings is 1. The van der Waals surface area contributed by atoms with Crippen LogP contribution in [0.25, 0.3) is 16.7 Å². The summed E-state index contributed by atoms with van der Waals surface area (Å²) in [6.07, 6.45) is 6.70. The van der Waals surface area contributed by atoms with Gasteiger partial charge in [0, 0.05) is 23.8 Å². The third-order valence-corrected chi connectivity index (χ3v) is 4.46. The Morgan fingerprint density at radius 2 is 1.93 bits per heavy atom. The van der Waals surface area contributed by atoms with Crippen molar-refractivity contribution in [1.29, 1.82) is 0 Å². The molecule has 0 aliphatic heterocycles. The number of H-pyrrole nitrogens is 1. The van der Waals surface area contributed by atoms with E-state index in [1.165, 1.54) is 7.11 Å². The molecule has 148 valence electrons. The molecule has 0 radical (unpaired) electrons. The number of pyridine rings is 1. The zero-order chi connectivity index (χ0) is 20.4. The van der Waals surface area contributed by atoms with Crippen LogP contribution in [0.5, 0.6) is 17.2 Å². The summed E-state index contributed by atoms with van der Waals surface area (Å²) in [6, 6.07) is 6.99. The van der Waals surface area contributed by atoms with Crippen molar-refractivity contribution >= 4 is 22.5 Å². The lowest BCUT2D eigenvalue weighted by Gasteiger charge is -2.11. The van der Waals surface area contributed by atoms with Gasteiger partial charge in [0.15, 0.2) is 11.5 Å². The van der Waals surface area contributed by atoms with Crippen molar-refractivity contribution in [2.24, 2.45) is 0 Å². The fraction of sp³-hybridized carbons (Fsp3) is 0.150. The number of nitrogens with zero attached hydrogens (tertiary/aromatic N) is 3. The van der Waals surface area contributed by atoms with Crippen LogP contribution in [0.3, 0.4) is 0 Å². The summed E-state index contributed by atoms with van der Waals surface area (Å²) in [6.45, 7) is 0. The zero-order valence-corrected chi connectivity index (χ0v) is 16.1. The van der Waals surface area contributed by atoms with Gasteiger partial charge in [-0.25, -0.2) is 9.97 Å². The van der Waals surface area contributed by atoms with Gasteiger partial charge < -0.3 is 24.5 Å². The number of ether oxygens (including phenoxy) is 3. The molecule has 0 bridgehead atoms. The zero-order valence-electron chi connectivity index (χ0n) is 16.1. The Morgan fingerprint density at radius 3 is 2.55 bits per heavy atom. The quantitative estimate of drug-likeness (QED) is 0.522. The van der Waals surface area contributed by atoms with E-state index in [0.29, 0.717) is 45.4 Å². The molecule has 29 heavy (non-hydrogen) atoms. The van der Waals surface area contributed by atoms with Gasteiger partial charge in [-0.15, -0.1) is 0 Å². The highest BCUT2D eigenvalue weighted by molar-refractivity contribution is 6.07. The molecule has 0 aliphatic rings. The fourth-order valence-corrected chi connectivity index (χ4v) is 3.06. The van der Waals surface area contributed by atoms with Crippen LogP contribution in [0.1, 0.15) is 10.5 Å². The van der Waals surface area contributed by atoms with Gasteiger partial charge in [-0.3, -0.25) is 9.36 Å². The molecule has 0 saturated carbocycles. The highest BCUT2D eigenvalue weighted by Crippen LogP contribution is 2.41.